The molecule has 5 heteroatoms. The summed E-state index contributed by atoms with van der Waals surface area (Å²) in [5.41, 5.74) is 0. The van der Waals surface area contributed by atoms with E-state index in [0.29, 0.717) is 6.04 Å². The van der Waals surface area contributed by atoms with Crippen LogP contribution in [0.25, 0.3) is 0 Å². The van der Waals surface area contributed by atoms with Gasteiger partial charge in [0.1, 0.15) is 12.2 Å². The van der Waals surface area contributed by atoms with Gasteiger partial charge in [-0.05, 0) is 51.6 Å². The molecule has 118 valence electrons. The van der Waals surface area contributed by atoms with E-state index in [1.165, 1.54) is 32.1 Å². The van der Waals surface area contributed by atoms with Gasteiger partial charge in [-0.25, -0.2) is 4.98 Å². The van der Waals surface area contributed by atoms with E-state index < -0.39 is 0 Å². The smallest absolute Gasteiger partial charge is 0.138 e. The molecule has 0 aliphatic carbocycles. The number of piperidine rings is 1. The van der Waals surface area contributed by atoms with Crippen LogP contribution in [0.2, 0.25) is 0 Å². The van der Waals surface area contributed by atoms with E-state index in [4.69, 9.17) is 0 Å². The van der Waals surface area contributed by atoms with Gasteiger partial charge in [0.25, 0.3) is 0 Å². The molecule has 2 bridgehead atoms. The molecule has 3 rings (SSSR count). The second kappa shape index (κ2) is 6.44. The summed E-state index contributed by atoms with van der Waals surface area (Å²) in [6.07, 6.45) is 9.33. The Morgan fingerprint density at radius 2 is 2.00 bits per heavy atom. The minimum absolute atomic E-state index is 0.546. The van der Waals surface area contributed by atoms with Crippen LogP contribution in [-0.4, -0.2) is 51.4 Å². The molecule has 0 aromatic carbocycles. The molecule has 3 unspecified atom stereocenters. The molecule has 0 saturated carbocycles. The number of hydrogen-bond donors (Lipinski definition) is 1. The molecule has 2 saturated heterocycles. The molecule has 3 heterocycles. The average molecular weight is 291 g/mol. The van der Waals surface area contributed by atoms with Crippen molar-refractivity contribution in [2.75, 3.05) is 13.6 Å². The largest absolute Gasteiger partial charge is 0.313 e. The van der Waals surface area contributed by atoms with Gasteiger partial charge >= 0.3 is 0 Å². The molecule has 1 aromatic rings. The number of hydrogen-bond acceptors (Lipinski definition) is 4. The van der Waals surface area contributed by atoms with Gasteiger partial charge in [0.15, 0.2) is 0 Å². The molecule has 3 atom stereocenters. The molecule has 2 fully saturated rings. The van der Waals surface area contributed by atoms with Crippen molar-refractivity contribution < 1.29 is 0 Å². The van der Waals surface area contributed by atoms with Crippen LogP contribution in [0.4, 0.5) is 0 Å². The quantitative estimate of drug-likeness (QED) is 0.865. The van der Waals surface area contributed by atoms with Crippen molar-refractivity contribution in [3.63, 3.8) is 0 Å². The molecule has 2 aliphatic heterocycles. The molecule has 0 radical (unpaired) electrons. The van der Waals surface area contributed by atoms with Crippen LogP contribution in [0, 0.1) is 5.92 Å². The van der Waals surface area contributed by atoms with Crippen molar-refractivity contribution in [2.45, 2.75) is 63.6 Å². The first-order valence-electron chi connectivity index (χ1n) is 8.47. The molecular formula is C16H29N5. The molecule has 21 heavy (non-hydrogen) atoms. The van der Waals surface area contributed by atoms with Crippen LogP contribution in [0.3, 0.4) is 0 Å². The van der Waals surface area contributed by atoms with Gasteiger partial charge in [0.05, 0.1) is 0 Å². The van der Waals surface area contributed by atoms with Crippen LogP contribution in [-0.2, 0) is 13.5 Å². The van der Waals surface area contributed by atoms with Gasteiger partial charge < -0.3 is 10.2 Å². The maximum atomic E-state index is 4.43. The van der Waals surface area contributed by atoms with Crippen LogP contribution < -0.4 is 5.32 Å². The lowest BCUT2D eigenvalue weighted by atomic mass is 9.83. The van der Waals surface area contributed by atoms with Crippen LogP contribution in [0.1, 0.15) is 44.9 Å². The third-order valence-electron chi connectivity index (χ3n) is 5.57. The highest BCUT2D eigenvalue weighted by Gasteiger charge is 2.41. The zero-order valence-corrected chi connectivity index (χ0v) is 13.6. The monoisotopic (exact) mass is 291 g/mol. The van der Waals surface area contributed by atoms with E-state index in [-0.39, 0.29) is 0 Å². The second-order valence-corrected chi connectivity index (χ2v) is 6.85. The third kappa shape index (κ3) is 3.14. The van der Waals surface area contributed by atoms with Gasteiger partial charge in [0.2, 0.25) is 0 Å². The van der Waals surface area contributed by atoms with E-state index in [1.54, 1.807) is 6.33 Å². The van der Waals surface area contributed by atoms with Gasteiger partial charge in [-0.1, -0.05) is 6.92 Å². The molecule has 0 amide bonds. The van der Waals surface area contributed by atoms with Crippen LogP contribution in [0.15, 0.2) is 6.33 Å². The Morgan fingerprint density at radius 1 is 1.29 bits per heavy atom. The predicted octanol–water partition coefficient (Wildman–Crippen LogP) is 1.60. The standard InChI is InChI=1S/C16H29N5/c1-4-7-17-15(10-16-18-11-19-21(16)3)12-8-13-5-6-14(9-12)20(13)2/h11-15,17H,4-10H2,1-3H3. The normalized spacial score (nSPS) is 30.7. The first kappa shape index (κ1) is 15.0. The SMILES string of the molecule is CCCNC(Cc1ncnn1C)C1CC2CCC(C1)N2C. The lowest BCUT2D eigenvalue weighted by molar-refractivity contribution is 0.111. The Morgan fingerprint density at radius 3 is 2.57 bits per heavy atom. The van der Waals surface area contributed by atoms with E-state index in [0.717, 1.165) is 36.8 Å². The molecule has 2 aliphatic rings. The fourth-order valence-corrected chi connectivity index (χ4v) is 4.22. The summed E-state index contributed by atoms with van der Waals surface area (Å²) >= 11 is 0. The number of fused-ring (bicyclic) bond motifs is 2. The van der Waals surface area contributed by atoms with Crippen molar-refractivity contribution in [1.29, 1.82) is 0 Å². The molecule has 1 N–H and O–H groups in total. The fourth-order valence-electron chi connectivity index (χ4n) is 4.22. The summed E-state index contributed by atoms with van der Waals surface area (Å²) in [5, 5.41) is 8.01. The van der Waals surface area contributed by atoms with E-state index in [9.17, 15) is 0 Å². The van der Waals surface area contributed by atoms with E-state index >= 15 is 0 Å². The fraction of sp³-hybridized carbons (Fsp3) is 0.875. The van der Waals surface area contributed by atoms with Gasteiger partial charge in [-0.15, -0.1) is 0 Å². The van der Waals surface area contributed by atoms with Crippen molar-refractivity contribution >= 4 is 0 Å². The predicted molar refractivity (Wildman–Crippen MR) is 84.1 cm³/mol. The number of nitrogens with zero attached hydrogens (tertiary/aromatic N) is 4. The number of aromatic nitrogens is 3. The maximum absolute atomic E-state index is 4.43. The summed E-state index contributed by atoms with van der Waals surface area (Å²) in [7, 11) is 4.31. The minimum Gasteiger partial charge on any atom is -0.313 e. The minimum atomic E-state index is 0.546. The summed E-state index contributed by atoms with van der Waals surface area (Å²) in [5.74, 6) is 1.89. The Bertz CT molecular complexity index is 443. The number of nitrogens with one attached hydrogen (secondary N) is 1. The Kier molecular flexibility index (Phi) is 4.60. The van der Waals surface area contributed by atoms with Gasteiger partial charge in [-0.3, -0.25) is 4.68 Å². The van der Waals surface area contributed by atoms with E-state index in [1.807, 2.05) is 11.7 Å². The van der Waals surface area contributed by atoms with Gasteiger partial charge in [-0.2, -0.15) is 5.10 Å². The Hall–Kier alpha value is -0.940. The lowest BCUT2D eigenvalue weighted by Crippen LogP contribution is -2.48. The average Bonchev–Trinajstić information content (AvgIpc) is 2.94. The van der Waals surface area contributed by atoms with Crippen molar-refractivity contribution in [2.24, 2.45) is 13.0 Å². The van der Waals surface area contributed by atoms with Crippen LogP contribution in [0.5, 0.6) is 0 Å². The highest BCUT2D eigenvalue weighted by atomic mass is 15.3. The first-order valence-corrected chi connectivity index (χ1v) is 8.47. The molecule has 1 aromatic heterocycles. The van der Waals surface area contributed by atoms with E-state index in [2.05, 4.69) is 34.3 Å². The Labute approximate surface area is 128 Å². The third-order valence-corrected chi connectivity index (χ3v) is 5.57. The molecule has 5 nitrogen and oxygen atoms in total. The zero-order valence-electron chi connectivity index (χ0n) is 13.6. The summed E-state index contributed by atoms with van der Waals surface area (Å²) in [6.45, 7) is 3.34. The summed E-state index contributed by atoms with van der Waals surface area (Å²) in [4.78, 5) is 7.05. The van der Waals surface area contributed by atoms with Crippen molar-refractivity contribution in [3.8, 4) is 0 Å². The first-order chi connectivity index (χ1) is 10.2. The topological polar surface area (TPSA) is 46.0 Å². The maximum Gasteiger partial charge on any atom is 0.138 e. The highest BCUT2D eigenvalue weighted by Crippen LogP contribution is 2.39. The molecular weight excluding hydrogens is 262 g/mol. The van der Waals surface area contributed by atoms with Gasteiger partial charge in [0, 0.05) is 31.6 Å². The summed E-state index contributed by atoms with van der Waals surface area (Å²) in [6, 6.07) is 2.16. The summed E-state index contributed by atoms with van der Waals surface area (Å²) < 4.78 is 1.92. The lowest BCUT2D eigenvalue weighted by Gasteiger charge is -2.40. The van der Waals surface area contributed by atoms with Crippen molar-refractivity contribution in [3.05, 3.63) is 12.2 Å². The second-order valence-electron chi connectivity index (χ2n) is 6.85. The van der Waals surface area contributed by atoms with Crippen molar-refractivity contribution in [1.82, 2.24) is 25.0 Å². The number of rotatable bonds is 6. The zero-order chi connectivity index (χ0) is 14.8. The Balaban J connectivity index is 1.69. The molecule has 0 spiro atoms. The number of aryl methyl sites for hydroxylation is 1. The highest BCUT2D eigenvalue weighted by molar-refractivity contribution is 4.99. The van der Waals surface area contributed by atoms with Crippen LogP contribution >= 0.6 is 0 Å².